The van der Waals surface area contributed by atoms with E-state index in [0.29, 0.717) is 5.56 Å². The Morgan fingerprint density at radius 1 is 1.03 bits per heavy atom. The monoisotopic (exact) mass is 468 g/mol. The molecule has 0 atom stereocenters. The van der Waals surface area contributed by atoms with Gasteiger partial charge in [-0.2, -0.15) is 23.3 Å². The van der Waals surface area contributed by atoms with Gasteiger partial charge >= 0.3 is 6.18 Å². The van der Waals surface area contributed by atoms with E-state index in [2.05, 4.69) is 15.4 Å². The van der Waals surface area contributed by atoms with Gasteiger partial charge in [0.05, 0.1) is 21.8 Å². The summed E-state index contributed by atoms with van der Waals surface area (Å²) < 4.78 is 74.1. The van der Waals surface area contributed by atoms with E-state index < -0.39 is 23.5 Å². The Bertz CT molecular complexity index is 1290. The summed E-state index contributed by atoms with van der Waals surface area (Å²) in [7, 11) is 1.50. The van der Waals surface area contributed by atoms with Crippen LogP contribution in [0.1, 0.15) is 11.3 Å². The molecule has 0 radical (unpaired) electrons. The molecule has 0 saturated heterocycles. The van der Waals surface area contributed by atoms with Crippen LogP contribution >= 0.6 is 11.6 Å². The summed E-state index contributed by atoms with van der Waals surface area (Å²) in [4.78, 5) is 4.25. The molecule has 0 saturated carbocycles. The van der Waals surface area contributed by atoms with Crippen LogP contribution in [0.3, 0.4) is 0 Å². The largest absolute Gasteiger partial charge is 0.471 e. The molecular formula is C21H14ClF5N4O. The number of alkyl halides is 3. The number of rotatable bonds is 5. The first-order valence-electron chi connectivity index (χ1n) is 9.19. The molecule has 0 unspecified atom stereocenters. The number of benzene rings is 2. The topological polar surface area (TPSA) is 52.0 Å². The van der Waals surface area contributed by atoms with Crippen molar-refractivity contribution in [2.24, 2.45) is 0 Å². The van der Waals surface area contributed by atoms with Crippen molar-refractivity contribution in [2.75, 3.05) is 12.4 Å². The number of anilines is 1. The molecule has 5 nitrogen and oxygen atoms in total. The van der Waals surface area contributed by atoms with E-state index in [9.17, 15) is 22.0 Å². The Labute approximate surface area is 183 Å². The second-order valence-electron chi connectivity index (χ2n) is 6.72. The Morgan fingerprint density at radius 3 is 2.34 bits per heavy atom. The maximum absolute atomic E-state index is 13.6. The van der Waals surface area contributed by atoms with E-state index in [1.165, 1.54) is 37.4 Å². The minimum Gasteiger partial charge on any atom is -0.471 e. The van der Waals surface area contributed by atoms with Crippen LogP contribution < -0.4 is 10.1 Å². The number of aromatic nitrogens is 3. The average Bonchev–Trinajstić information content (AvgIpc) is 3.12. The fourth-order valence-corrected chi connectivity index (χ4v) is 3.29. The molecule has 2 aromatic carbocycles. The third-order valence-corrected chi connectivity index (χ3v) is 4.96. The van der Waals surface area contributed by atoms with Gasteiger partial charge in [0.1, 0.15) is 18.2 Å². The van der Waals surface area contributed by atoms with Gasteiger partial charge < -0.3 is 10.1 Å². The van der Waals surface area contributed by atoms with Crippen molar-refractivity contribution in [1.29, 1.82) is 0 Å². The highest BCUT2D eigenvalue weighted by Crippen LogP contribution is 2.38. The highest BCUT2D eigenvalue weighted by atomic mass is 35.5. The summed E-state index contributed by atoms with van der Waals surface area (Å²) in [6, 6.07) is 9.76. The fraction of sp³-hybridized carbons (Fsp3) is 0.143. The van der Waals surface area contributed by atoms with E-state index >= 15 is 0 Å². The van der Waals surface area contributed by atoms with Crippen LogP contribution in [0.2, 0.25) is 5.02 Å². The molecule has 1 N–H and O–H groups in total. The summed E-state index contributed by atoms with van der Waals surface area (Å²) >= 11 is 6.01. The highest BCUT2D eigenvalue weighted by Gasteiger charge is 2.38. The Balaban J connectivity index is 1.83. The summed E-state index contributed by atoms with van der Waals surface area (Å²) in [5, 5.41) is 6.29. The van der Waals surface area contributed by atoms with Crippen LogP contribution in [-0.4, -0.2) is 21.8 Å². The summed E-state index contributed by atoms with van der Waals surface area (Å²) in [5.41, 5.74) is -0.457. The first-order chi connectivity index (χ1) is 15.2. The number of pyridine rings is 1. The highest BCUT2D eigenvalue weighted by molar-refractivity contribution is 6.31. The Hall–Kier alpha value is -3.40. The van der Waals surface area contributed by atoms with Crippen molar-refractivity contribution >= 4 is 28.3 Å². The number of fused-ring (bicyclic) bond motifs is 1. The van der Waals surface area contributed by atoms with Gasteiger partial charge in [-0.1, -0.05) is 17.7 Å². The van der Waals surface area contributed by atoms with Crippen molar-refractivity contribution in [3.63, 3.8) is 0 Å². The van der Waals surface area contributed by atoms with Gasteiger partial charge in [-0.05, 0) is 42.5 Å². The Kier molecular flexibility index (Phi) is 5.64. The predicted octanol–water partition coefficient (Wildman–Crippen LogP) is 5.99. The van der Waals surface area contributed by atoms with E-state index in [-0.39, 0.29) is 39.9 Å². The number of ether oxygens (including phenoxy) is 1. The number of hydrogen-bond donors (Lipinski definition) is 1. The van der Waals surface area contributed by atoms with Crippen molar-refractivity contribution in [3.05, 3.63) is 76.4 Å². The molecule has 2 aromatic heterocycles. The van der Waals surface area contributed by atoms with Crippen LogP contribution in [-0.2, 0) is 12.8 Å². The number of nitrogens with zero attached hydrogens (tertiary/aromatic N) is 3. The van der Waals surface area contributed by atoms with Crippen LogP contribution in [0.25, 0.3) is 16.7 Å². The SMILES string of the molecule is CNc1cc2c(C(F)(F)F)nn(-c3ccc(F)cc3)c2nc1OCc1ccc(F)cc1Cl. The van der Waals surface area contributed by atoms with E-state index in [1.54, 1.807) is 0 Å². The van der Waals surface area contributed by atoms with Crippen LogP contribution in [0.4, 0.5) is 27.6 Å². The third-order valence-electron chi connectivity index (χ3n) is 4.61. The average molecular weight is 469 g/mol. The fourth-order valence-electron chi connectivity index (χ4n) is 3.07. The molecular weight excluding hydrogens is 455 g/mol. The van der Waals surface area contributed by atoms with Crippen LogP contribution in [0.15, 0.2) is 48.5 Å². The molecule has 0 fully saturated rings. The molecule has 0 aliphatic rings. The van der Waals surface area contributed by atoms with Gasteiger partial charge in [0, 0.05) is 12.6 Å². The second-order valence-corrected chi connectivity index (χ2v) is 7.13. The van der Waals surface area contributed by atoms with Gasteiger partial charge in [0.25, 0.3) is 0 Å². The van der Waals surface area contributed by atoms with Gasteiger partial charge in [0.15, 0.2) is 11.3 Å². The van der Waals surface area contributed by atoms with Gasteiger partial charge in [-0.25, -0.2) is 13.5 Å². The van der Waals surface area contributed by atoms with E-state index in [1.807, 2.05) is 0 Å². The first-order valence-corrected chi connectivity index (χ1v) is 9.56. The molecule has 0 aliphatic carbocycles. The van der Waals surface area contributed by atoms with Crippen LogP contribution in [0.5, 0.6) is 5.88 Å². The zero-order chi connectivity index (χ0) is 23.0. The summed E-state index contributed by atoms with van der Waals surface area (Å²) in [6.45, 7) is -0.108. The lowest BCUT2D eigenvalue weighted by atomic mass is 10.2. The van der Waals surface area contributed by atoms with E-state index in [0.717, 1.165) is 22.9 Å². The number of hydrogen-bond acceptors (Lipinski definition) is 4. The van der Waals surface area contributed by atoms with Crippen LogP contribution in [0, 0.1) is 11.6 Å². The van der Waals surface area contributed by atoms with E-state index in [4.69, 9.17) is 16.3 Å². The molecule has 0 spiro atoms. The molecule has 0 bridgehead atoms. The lowest BCUT2D eigenvalue weighted by Gasteiger charge is -2.12. The zero-order valence-corrected chi connectivity index (χ0v) is 17.1. The second kappa shape index (κ2) is 8.27. The lowest BCUT2D eigenvalue weighted by Crippen LogP contribution is -2.07. The number of nitrogens with one attached hydrogen (secondary N) is 1. The maximum Gasteiger partial charge on any atom is 0.435 e. The third kappa shape index (κ3) is 4.18. The van der Waals surface area contributed by atoms with Gasteiger partial charge in [0.2, 0.25) is 5.88 Å². The molecule has 0 amide bonds. The zero-order valence-electron chi connectivity index (χ0n) is 16.3. The summed E-state index contributed by atoms with van der Waals surface area (Å²) in [5.74, 6) is -1.08. The molecule has 166 valence electrons. The Morgan fingerprint density at radius 2 is 1.72 bits per heavy atom. The van der Waals surface area contributed by atoms with Crippen molar-refractivity contribution in [1.82, 2.24) is 14.8 Å². The minimum atomic E-state index is -4.75. The quantitative estimate of drug-likeness (QED) is 0.365. The molecule has 4 aromatic rings. The molecule has 2 heterocycles. The molecule has 32 heavy (non-hydrogen) atoms. The normalized spacial score (nSPS) is 11.7. The van der Waals surface area contributed by atoms with Crippen molar-refractivity contribution in [3.8, 4) is 11.6 Å². The predicted molar refractivity (Wildman–Crippen MR) is 109 cm³/mol. The van der Waals surface area contributed by atoms with Crippen molar-refractivity contribution < 1.29 is 26.7 Å². The minimum absolute atomic E-state index is 0.0163. The molecule has 4 rings (SSSR count). The molecule has 0 aliphatic heterocycles. The van der Waals surface area contributed by atoms with Crippen molar-refractivity contribution in [2.45, 2.75) is 12.8 Å². The lowest BCUT2D eigenvalue weighted by molar-refractivity contribution is -0.140. The van der Waals surface area contributed by atoms with Gasteiger partial charge in [-0.3, -0.25) is 0 Å². The first kappa shape index (κ1) is 21.8. The smallest absolute Gasteiger partial charge is 0.435 e. The standard InChI is InChI=1S/C21H14ClF5N4O/c1-28-17-9-15-18(21(25,26)27)30-31(14-6-4-12(23)5-7-14)19(15)29-20(17)32-10-11-2-3-13(24)8-16(11)22/h2-9,28H,10H2,1H3. The molecule has 11 heteroatoms. The maximum atomic E-state index is 13.6. The van der Waals surface area contributed by atoms with Gasteiger partial charge in [-0.15, -0.1) is 0 Å². The number of halogens is 6. The summed E-state index contributed by atoms with van der Waals surface area (Å²) in [6.07, 6.45) is -4.75.